The minimum Gasteiger partial charge on any atom is -0.279 e. The fraction of sp³-hybridized carbons (Fsp3) is 0.0909. The molecule has 0 spiro atoms. The first-order valence-electron chi connectivity index (χ1n) is 9.04. The largest absolute Gasteiger partial charge is 0.279 e. The van der Waals surface area contributed by atoms with Crippen LogP contribution in [0, 0.1) is 13.8 Å². The Morgan fingerprint density at radius 2 is 1.77 bits per heavy atom. The minimum atomic E-state index is -3.85. The lowest BCUT2D eigenvalue weighted by Crippen LogP contribution is -2.19. The number of sulfonamides is 1. The summed E-state index contributed by atoms with van der Waals surface area (Å²) in [7, 11) is -3.85. The Kier molecular flexibility index (Phi) is 6.69. The summed E-state index contributed by atoms with van der Waals surface area (Å²) in [6.07, 6.45) is 1.50. The van der Waals surface area contributed by atoms with Crippen molar-refractivity contribution in [2.45, 2.75) is 18.7 Å². The van der Waals surface area contributed by atoms with Crippen LogP contribution in [0.25, 0.3) is 0 Å². The molecule has 30 heavy (non-hydrogen) atoms. The van der Waals surface area contributed by atoms with Gasteiger partial charge >= 0.3 is 0 Å². The van der Waals surface area contributed by atoms with E-state index in [9.17, 15) is 13.2 Å². The highest BCUT2D eigenvalue weighted by atomic mass is 79.9. The van der Waals surface area contributed by atoms with E-state index in [2.05, 4.69) is 31.2 Å². The second-order valence-corrected chi connectivity index (χ2v) is 9.21. The predicted molar refractivity (Wildman–Crippen MR) is 122 cm³/mol. The van der Waals surface area contributed by atoms with Crippen molar-refractivity contribution in [1.82, 2.24) is 5.43 Å². The second-order valence-electron chi connectivity index (χ2n) is 6.67. The Bertz CT molecular complexity index is 1220. The monoisotopic (exact) mass is 485 g/mol. The first-order chi connectivity index (χ1) is 14.3. The molecule has 2 N–H and O–H groups in total. The number of hydrogen-bond acceptors (Lipinski definition) is 4. The number of carbonyl (C=O) groups is 1. The van der Waals surface area contributed by atoms with Crippen molar-refractivity contribution in [3.8, 4) is 0 Å². The zero-order chi connectivity index (χ0) is 21.7. The lowest BCUT2D eigenvalue weighted by atomic mass is 10.1. The van der Waals surface area contributed by atoms with Crippen LogP contribution in [0.1, 0.15) is 27.0 Å². The standard InChI is InChI=1S/C22H20BrN3O3S/c1-15-10-11-21(16(2)12-15)26-30(28,29)19-8-5-7-17(13-19)22(27)25-24-14-18-6-3-4-9-20(18)23/h3-14,26H,1-2H3,(H,25,27)/b24-14+. The number of carbonyl (C=O) groups excluding carboxylic acids is 1. The van der Waals surface area contributed by atoms with Crippen molar-refractivity contribution in [1.29, 1.82) is 0 Å². The number of amides is 1. The summed E-state index contributed by atoms with van der Waals surface area (Å²) in [5.74, 6) is -0.512. The number of rotatable bonds is 6. The molecule has 3 rings (SSSR count). The van der Waals surface area contributed by atoms with Crippen molar-refractivity contribution in [2.75, 3.05) is 4.72 Å². The molecule has 0 aliphatic carbocycles. The predicted octanol–water partition coefficient (Wildman–Crippen LogP) is 4.63. The van der Waals surface area contributed by atoms with Crippen LogP contribution in [-0.4, -0.2) is 20.5 Å². The Labute approximate surface area is 184 Å². The topological polar surface area (TPSA) is 87.6 Å². The first kappa shape index (κ1) is 21.7. The van der Waals surface area contributed by atoms with Gasteiger partial charge < -0.3 is 0 Å². The summed E-state index contributed by atoms with van der Waals surface area (Å²) in [5.41, 5.74) is 5.74. The molecular formula is C22H20BrN3O3S. The highest BCUT2D eigenvalue weighted by Gasteiger charge is 2.17. The van der Waals surface area contributed by atoms with Crippen LogP contribution in [0.3, 0.4) is 0 Å². The summed E-state index contributed by atoms with van der Waals surface area (Å²) in [6.45, 7) is 3.77. The maximum atomic E-state index is 12.8. The molecule has 1 amide bonds. The second kappa shape index (κ2) is 9.23. The van der Waals surface area contributed by atoms with E-state index in [1.807, 2.05) is 50.2 Å². The number of halogens is 1. The maximum absolute atomic E-state index is 12.8. The fourth-order valence-electron chi connectivity index (χ4n) is 2.74. The first-order valence-corrected chi connectivity index (χ1v) is 11.3. The van der Waals surface area contributed by atoms with Gasteiger partial charge in [-0.25, -0.2) is 13.8 Å². The van der Waals surface area contributed by atoms with Gasteiger partial charge in [0.25, 0.3) is 15.9 Å². The third-order valence-corrected chi connectivity index (χ3v) is 6.39. The molecule has 0 saturated heterocycles. The van der Waals surface area contributed by atoms with Crippen LogP contribution in [0.15, 0.2) is 81.2 Å². The van der Waals surface area contributed by atoms with Gasteiger partial charge in [0, 0.05) is 15.6 Å². The van der Waals surface area contributed by atoms with Crippen LogP contribution in [0.2, 0.25) is 0 Å². The zero-order valence-corrected chi connectivity index (χ0v) is 18.8. The average Bonchev–Trinajstić information content (AvgIpc) is 2.71. The lowest BCUT2D eigenvalue weighted by molar-refractivity contribution is 0.0955. The normalized spacial score (nSPS) is 11.4. The van der Waals surface area contributed by atoms with Gasteiger partial charge in [-0.15, -0.1) is 0 Å². The van der Waals surface area contributed by atoms with E-state index < -0.39 is 15.9 Å². The van der Waals surface area contributed by atoms with Crippen molar-refractivity contribution >= 4 is 43.8 Å². The molecule has 0 fully saturated rings. The Hall–Kier alpha value is -2.97. The van der Waals surface area contributed by atoms with E-state index in [1.165, 1.54) is 30.5 Å². The summed E-state index contributed by atoms with van der Waals surface area (Å²) in [6, 6.07) is 18.7. The molecule has 0 radical (unpaired) electrons. The molecule has 0 bridgehead atoms. The molecule has 154 valence electrons. The van der Waals surface area contributed by atoms with E-state index >= 15 is 0 Å². The van der Waals surface area contributed by atoms with Gasteiger partial charge in [0.2, 0.25) is 0 Å². The maximum Gasteiger partial charge on any atom is 0.271 e. The lowest BCUT2D eigenvalue weighted by Gasteiger charge is -2.12. The number of nitrogens with zero attached hydrogens (tertiary/aromatic N) is 1. The van der Waals surface area contributed by atoms with Crippen LogP contribution in [0.5, 0.6) is 0 Å². The molecule has 8 heteroatoms. The highest BCUT2D eigenvalue weighted by Crippen LogP contribution is 2.21. The summed E-state index contributed by atoms with van der Waals surface area (Å²) in [4.78, 5) is 12.4. The summed E-state index contributed by atoms with van der Waals surface area (Å²) >= 11 is 3.40. The van der Waals surface area contributed by atoms with E-state index in [1.54, 1.807) is 6.07 Å². The molecule has 0 aromatic heterocycles. The van der Waals surface area contributed by atoms with Gasteiger partial charge in [0.15, 0.2) is 0 Å². The average molecular weight is 486 g/mol. The van der Waals surface area contributed by atoms with Crippen LogP contribution < -0.4 is 10.1 Å². The smallest absolute Gasteiger partial charge is 0.271 e. The van der Waals surface area contributed by atoms with E-state index in [0.717, 1.165) is 21.2 Å². The molecule has 0 aliphatic heterocycles. The van der Waals surface area contributed by atoms with Gasteiger partial charge in [-0.2, -0.15) is 5.10 Å². The van der Waals surface area contributed by atoms with E-state index in [4.69, 9.17) is 0 Å². The van der Waals surface area contributed by atoms with Gasteiger partial charge in [0.1, 0.15) is 0 Å². The van der Waals surface area contributed by atoms with Gasteiger partial charge in [-0.05, 0) is 49.7 Å². The number of hydrazone groups is 1. The summed E-state index contributed by atoms with van der Waals surface area (Å²) < 4.78 is 29.0. The van der Waals surface area contributed by atoms with Crippen molar-refractivity contribution in [2.24, 2.45) is 5.10 Å². The molecule has 0 aliphatic rings. The SMILES string of the molecule is Cc1ccc(NS(=O)(=O)c2cccc(C(=O)N/N=C/c3ccccc3Br)c2)c(C)c1. The molecular weight excluding hydrogens is 466 g/mol. The Morgan fingerprint density at radius 3 is 2.50 bits per heavy atom. The van der Waals surface area contributed by atoms with E-state index in [-0.39, 0.29) is 10.5 Å². The fourth-order valence-corrected chi connectivity index (χ4v) is 4.30. The zero-order valence-electron chi connectivity index (χ0n) is 16.4. The van der Waals surface area contributed by atoms with Gasteiger partial charge in [-0.3, -0.25) is 9.52 Å². The van der Waals surface area contributed by atoms with Crippen LogP contribution in [-0.2, 0) is 10.0 Å². The molecule has 0 heterocycles. The number of hydrogen-bond donors (Lipinski definition) is 2. The highest BCUT2D eigenvalue weighted by molar-refractivity contribution is 9.10. The van der Waals surface area contributed by atoms with Gasteiger partial charge in [0.05, 0.1) is 16.8 Å². The van der Waals surface area contributed by atoms with Crippen molar-refractivity contribution < 1.29 is 13.2 Å². The minimum absolute atomic E-state index is 0.00934. The van der Waals surface area contributed by atoms with Crippen molar-refractivity contribution in [3.63, 3.8) is 0 Å². The van der Waals surface area contributed by atoms with E-state index in [0.29, 0.717) is 5.69 Å². The number of anilines is 1. The summed E-state index contributed by atoms with van der Waals surface area (Å²) in [5, 5.41) is 3.94. The molecule has 0 unspecified atom stereocenters. The number of benzene rings is 3. The Morgan fingerprint density at radius 1 is 1.00 bits per heavy atom. The molecule has 6 nitrogen and oxygen atoms in total. The molecule has 0 atom stereocenters. The third-order valence-electron chi connectivity index (χ3n) is 4.31. The quantitative estimate of drug-likeness (QED) is 0.394. The van der Waals surface area contributed by atoms with Crippen LogP contribution >= 0.6 is 15.9 Å². The molecule has 3 aromatic carbocycles. The molecule has 0 saturated carbocycles. The Balaban J connectivity index is 1.76. The van der Waals surface area contributed by atoms with Crippen molar-refractivity contribution in [3.05, 3.63) is 93.5 Å². The third kappa shape index (κ3) is 5.34. The number of aryl methyl sites for hydroxylation is 2. The molecule has 3 aromatic rings. The number of nitrogens with one attached hydrogen (secondary N) is 2. The van der Waals surface area contributed by atoms with Crippen LogP contribution in [0.4, 0.5) is 5.69 Å². The van der Waals surface area contributed by atoms with Gasteiger partial charge in [-0.1, -0.05) is 57.9 Å².